The summed E-state index contributed by atoms with van der Waals surface area (Å²) in [5, 5.41) is 9.58. The number of nitrogens with one attached hydrogen (secondary N) is 2. The molecule has 2 heterocycles. The number of amides is 1. The molecule has 15 heavy (non-hydrogen) atoms. The summed E-state index contributed by atoms with van der Waals surface area (Å²) >= 11 is 0. The first-order valence-electron chi connectivity index (χ1n) is 4.99. The van der Waals surface area contributed by atoms with Crippen LogP contribution in [0.4, 0.5) is 0 Å². The molecule has 2 N–H and O–H groups in total. The summed E-state index contributed by atoms with van der Waals surface area (Å²) in [5.41, 5.74) is -0.441. The van der Waals surface area contributed by atoms with Gasteiger partial charge in [-0.15, -0.1) is 0 Å². The Balaban J connectivity index is 1.87. The molecule has 2 rings (SSSR count). The van der Waals surface area contributed by atoms with E-state index in [0.29, 0.717) is 12.4 Å². The van der Waals surface area contributed by atoms with E-state index < -0.39 is 5.54 Å². The van der Waals surface area contributed by atoms with Crippen LogP contribution in [0.25, 0.3) is 0 Å². The van der Waals surface area contributed by atoms with Gasteiger partial charge in [0.05, 0.1) is 12.1 Å². The number of aromatic nitrogens is 2. The second kappa shape index (κ2) is 3.98. The van der Waals surface area contributed by atoms with E-state index in [-0.39, 0.29) is 5.91 Å². The van der Waals surface area contributed by atoms with Crippen molar-refractivity contribution in [3.8, 4) is 0 Å². The first-order chi connectivity index (χ1) is 7.21. The fraction of sp³-hybridized carbons (Fsp3) is 0.667. The van der Waals surface area contributed by atoms with Gasteiger partial charge < -0.3 is 15.2 Å². The monoisotopic (exact) mass is 210 g/mol. The molecule has 0 spiro atoms. The van der Waals surface area contributed by atoms with Gasteiger partial charge in [-0.3, -0.25) is 4.79 Å². The Morgan fingerprint density at radius 1 is 1.80 bits per heavy atom. The number of carbonyl (C=O) groups is 1. The Morgan fingerprint density at radius 3 is 3.27 bits per heavy atom. The Morgan fingerprint density at radius 2 is 2.67 bits per heavy atom. The van der Waals surface area contributed by atoms with Gasteiger partial charge in [-0.25, -0.2) is 0 Å². The van der Waals surface area contributed by atoms with Gasteiger partial charge in [-0.2, -0.15) is 4.98 Å². The zero-order chi connectivity index (χ0) is 10.7. The van der Waals surface area contributed by atoms with Gasteiger partial charge in [-0.1, -0.05) is 5.16 Å². The number of carbonyl (C=O) groups excluding carboxylic acids is 1. The third-order valence-corrected chi connectivity index (χ3v) is 2.68. The highest BCUT2D eigenvalue weighted by Gasteiger charge is 2.35. The molecule has 0 bridgehead atoms. The predicted molar refractivity (Wildman–Crippen MR) is 51.8 cm³/mol. The lowest BCUT2D eigenvalue weighted by molar-refractivity contribution is -0.126. The van der Waals surface area contributed by atoms with Crippen molar-refractivity contribution >= 4 is 5.91 Å². The maximum atomic E-state index is 11.8. The molecular formula is C9H14N4O2. The lowest BCUT2D eigenvalue weighted by Crippen LogP contribution is -2.50. The Kier molecular flexibility index (Phi) is 2.68. The summed E-state index contributed by atoms with van der Waals surface area (Å²) in [4.78, 5) is 15.6. The van der Waals surface area contributed by atoms with E-state index >= 15 is 0 Å². The maximum Gasteiger partial charge on any atom is 0.240 e. The molecule has 6 nitrogen and oxygen atoms in total. The quantitative estimate of drug-likeness (QED) is 0.724. The molecule has 0 aromatic carbocycles. The average molecular weight is 210 g/mol. The molecule has 1 amide bonds. The van der Waals surface area contributed by atoms with Crippen LogP contribution in [-0.4, -0.2) is 28.1 Å². The SMILES string of the molecule is CC1(C(=O)NCc2ncon2)CCCN1. The zero-order valence-electron chi connectivity index (χ0n) is 8.62. The molecule has 1 aromatic heterocycles. The third-order valence-electron chi connectivity index (χ3n) is 2.68. The minimum Gasteiger partial charge on any atom is -0.347 e. The Bertz CT molecular complexity index is 330. The minimum absolute atomic E-state index is 0.00944. The fourth-order valence-electron chi connectivity index (χ4n) is 1.71. The van der Waals surface area contributed by atoms with Crippen LogP contribution in [-0.2, 0) is 11.3 Å². The molecule has 1 aliphatic rings. The normalized spacial score (nSPS) is 25.4. The molecule has 1 atom stereocenters. The summed E-state index contributed by atoms with van der Waals surface area (Å²) < 4.78 is 4.57. The molecule has 0 radical (unpaired) electrons. The van der Waals surface area contributed by atoms with E-state index in [1.54, 1.807) is 0 Å². The molecule has 1 unspecified atom stereocenters. The average Bonchev–Trinajstić information content (AvgIpc) is 2.85. The van der Waals surface area contributed by atoms with E-state index in [1.165, 1.54) is 6.39 Å². The lowest BCUT2D eigenvalue weighted by atomic mass is 9.99. The second-order valence-corrected chi connectivity index (χ2v) is 3.89. The topological polar surface area (TPSA) is 80.1 Å². The Labute approximate surface area is 87.4 Å². The van der Waals surface area contributed by atoms with E-state index in [2.05, 4.69) is 25.3 Å². The van der Waals surface area contributed by atoms with Crippen LogP contribution in [0.15, 0.2) is 10.9 Å². The second-order valence-electron chi connectivity index (χ2n) is 3.89. The zero-order valence-corrected chi connectivity index (χ0v) is 8.62. The van der Waals surface area contributed by atoms with Crippen molar-refractivity contribution in [2.24, 2.45) is 0 Å². The number of rotatable bonds is 3. The van der Waals surface area contributed by atoms with Crippen LogP contribution < -0.4 is 10.6 Å². The van der Waals surface area contributed by atoms with E-state index in [9.17, 15) is 4.79 Å². The molecule has 1 fully saturated rings. The number of hydrogen-bond acceptors (Lipinski definition) is 5. The largest absolute Gasteiger partial charge is 0.347 e. The highest BCUT2D eigenvalue weighted by atomic mass is 16.5. The minimum atomic E-state index is -0.441. The van der Waals surface area contributed by atoms with Gasteiger partial charge in [0.15, 0.2) is 5.82 Å². The van der Waals surface area contributed by atoms with Crippen molar-refractivity contribution in [3.05, 3.63) is 12.2 Å². The fourth-order valence-corrected chi connectivity index (χ4v) is 1.71. The molecule has 1 aromatic rings. The van der Waals surface area contributed by atoms with Crippen molar-refractivity contribution in [1.29, 1.82) is 0 Å². The molecule has 82 valence electrons. The van der Waals surface area contributed by atoms with Crippen molar-refractivity contribution in [1.82, 2.24) is 20.8 Å². The summed E-state index contributed by atoms with van der Waals surface area (Å²) in [7, 11) is 0. The number of hydrogen-bond donors (Lipinski definition) is 2. The maximum absolute atomic E-state index is 11.8. The van der Waals surface area contributed by atoms with Crippen molar-refractivity contribution < 1.29 is 9.32 Å². The standard InChI is InChI=1S/C9H14N4O2/c1-9(3-2-4-12-9)8(14)10-5-7-11-6-15-13-7/h6,12H,2-5H2,1H3,(H,10,14). The van der Waals surface area contributed by atoms with Crippen LogP contribution in [0, 0.1) is 0 Å². The van der Waals surface area contributed by atoms with Gasteiger partial charge in [0, 0.05) is 0 Å². The summed E-state index contributed by atoms with van der Waals surface area (Å²) in [5.74, 6) is 0.481. The van der Waals surface area contributed by atoms with Crippen molar-refractivity contribution in [2.75, 3.05) is 6.54 Å². The smallest absolute Gasteiger partial charge is 0.240 e. The first-order valence-corrected chi connectivity index (χ1v) is 4.99. The third kappa shape index (κ3) is 2.15. The van der Waals surface area contributed by atoms with E-state index in [0.717, 1.165) is 19.4 Å². The van der Waals surface area contributed by atoms with Gasteiger partial charge >= 0.3 is 0 Å². The van der Waals surface area contributed by atoms with E-state index in [4.69, 9.17) is 0 Å². The van der Waals surface area contributed by atoms with Crippen LogP contribution in [0.5, 0.6) is 0 Å². The van der Waals surface area contributed by atoms with Crippen molar-refractivity contribution in [3.63, 3.8) is 0 Å². The summed E-state index contributed by atoms with van der Waals surface area (Å²) in [6.07, 6.45) is 3.15. The molecule has 0 saturated carbocycles. The summed E-state index contributed by atoms with van der Waals surface area (Å²) in [6.45, 7) is 3.12. The van der Waals surface area contributed by atoms with Crippen LogP contribution in [0.3, 0.4) is 0 Å². The Hall–Kier alpha value is -1.43. The van der Waals surface area contributed by atoms with Gasteiger partial charge in [0.25, 0.3) is 0 Å². The van der Waals surface area contributed by atoms with Gasteiger partial charge in [-0.05, 0) is 26.3 Å². The molecule has 0 aliphatic carbocycles. The number of nitrogens with zero attached hydrogens (tertiary/aromatic N) is 2. The highest BCUT2D eigenvalue weighted by molar-refractivity contribution is 5.86. The molecule has 1 aliphatic heterocycles. The lowest BCUT2D eigenvalue weighted by Gasteiger charge is -2.22. The highest BCUT2D eigenvalue weighted by Crippen LogP contribution is 2.18. The first kappa shape index (κ1) is 10.1. The van der Waals surface area contributed by atoms with Gasteiger partial charge in [0.2, 0.25) is 12.3 Å². The van der Waals surface area contributed by atoms with E-state index in [1.807, 2.05) is 6.92 Å². The van der Waals surface area contributed by atoms with Crippen LogP contribution in [0.2, 0.25) is 0 Å². The predicted octanol–water partition coefficient (Wildman–Crippen LogP) is -0.172. The van der Waals surface area contributed by atoms with Crippen molar-refractivity contribution in [2.45, 2.75) is 31.8 Å². The molecule has 1 saturated heterocycles. The van der Waals surface area contributed by atoms with Crippen LogP contribution >= 0.6 is 0 Å². The molecule has 6 heteroatoms. The van der Waals surface area contributed by atoms with Crippen LogP contribution in [0.1, 0.15) is 25.6 Å². The van der Waals surface area contributed by atoms with Gasteiger partial charge in [0.1, 0.15) is 0 Å². The summed E-state index contributed by atoms with van der Waals surface area (Å²) in [6, 6.07) is 0. The molecular weight excluding hydrogens is 196 g/mol.